The fourth-order valence-electron chi connectivity index (χ4n) is 2.49. The van der Waals surface area contributed by atoms with Crippen LogP contribution in [0.25, 0.3) is 0 Å². The molecule has 0 fully saturated rings. The minimum Gasteiger partial charge on any atom is -0.308 e. The smallest absolute Gasteiger partial charge is 0.227 e. The van der Waals surface area contributed by atoms with E-state index in [-0.39, 0.29) is 11.7 Å². The van der Waals surface area contributed by atoms with Crippen LogP contribution in [0.5, 0.6) is 0 Å². The second-order valence-electron chi connectivity index (χ2n) is 4.84. The molecule has 4 heteroatoms. The summed E-state index contributed by atoms with van der Waals surface area (Å²) in [6.07, 6.45) is 1.31. The highest BCUT2D eigenvalue weighted by atomic mass is 79.9. The zero-order chi connectivity index (χ0) is 14.1. The fourth-order valence-corrected chi connectivity index (χ4v) is 2.97. The summed E-state index contributed by atoms with van der Waals surface area (Å²) in [4.78, 5) is 14.0. The van der Waals surface area contributed by atoms with Crippen molar-refractivity contribution < 1.29 is 9.18 Å². The molecule has 102 valence electrons. The molecule has 0 spiro atoms. The number of fused-ring (bicyclic) bond motifs is 1. The molecule has 0 atom stereocenters. The zero-order valence-corrected chi connectivity index (χ0v) is 12.4. The van der Waals surface area contributed by atoms with Crippen molar-refractivity contribution in [3.05, 3.63) is 63.9 Å². The van der Waals surface area contributed by atoms with Crippen molar-refractivity contribution in [1.82, 2.24) is 0 Å². The molecule has 2 aromatic rings. The van der Waals surface area contributed by atoms with Crippen LogP contribution >= 0.6 is 15.9 Å². The Bertz CT molecular complexity index is 671. The summed E-state index contributed by atoms with van der Waals surface area (Å²) < 4.78 is 13.8. The molecular weight excluding hydrogens is 321 g/mol. The van der Waals surface area contributed by atoms with Crippen molar-refractivity contribution in [2.75, 3.05) is 4.90 Å². The number of rotatable bonds is 2. The van der Waals surface area contributed by atoms with E-state index in [1.54, 1.807) is 11.0 Å². The Kier molecular flexibility index (Phi) is 3.57. The molecule has 0 saturated carbocycles. The molecule has 2 aromatic carbocycles. The Morgan fingerprint density at radius 1 is 1.15 bits per heavy atom. The van der Waals surface area contributed by atoms with Gasteiger partial charge in [-0.3, -0.25) is 4.79 Å². The maximum atomic E-state index is 13.1. The molecule has 0 radical (unpaired) electrons. The topological polar surface area (TPSA) is 20.3 Å². The number of carbonyl (C=O) groups is 1. The second-order valence-corrected chi connectivity index (χ2v) is 5.70. The van der Waals surface area contributed by atoms with Crippen LogP contribution in [0.3, 0.4) is 0 Å². The molecule has 1 aliphatic rings. The summed E-state index contributed by atoms with van der Waals surface area (Å²) >= 11 is 3.36. The van der Waals surface area contributed by atoms with Crippen LogP contribution in [0.4, 0.5) is 10.1 Å². The van der Waals surface area contributed by atoms with Gasteiger partial charge < -0.3 is 4.90 Å². The molecule has 0 unspecified atom stereocenters. The van der Waals surface area contributed by atoms with Crippen LogP contribution in [-0.2, 0) is 17.8 Å². The molecule has 1 aliphatic heterocycles. The number of carbonyl (C=O) groups excluding carboxylic acids is 1. The van der Waals surface area contributed by atoms with Gasteiger partial charge in [0.25, 0.3) is 0 Å². The molecular formula is C16H13BrFNO. The monoisotopic (exact) mass is 333 g/mol. The van der Waals surface area contributed by atoms with Crippen LogP contribution in [0.2, 0.25) is 0 Å². The predicted octanol–water partition coefficient (Wildman–Crippen LogP) is 4.07. The first-order valence-corrected chi connectivity index (χ1v) is 7.26. The van der Waals surface area contributed by atoms with Crippen molar-refractivity contribution in [2.45, 2.75) is 19.4 Å². The lowest BCUT2D eigenvalue weighted by atomic mass is 10.0. The lowest BCUT2D eigenvalue weighted by molar-refractivity contribution is -0.119. The van der Waals surface area contributed by atoms with Gasteiger partial charge in [-0.25, -0.2) is 4.39 Å². The van der Waals surface area contributed by atoms with E-state index < -0.39 is 0 Å². The van der Waals surface area contributed by atoms with Gasteiger partial charge in [0.05, 0.1) is 6.54 Å². The fraction of sp³-hybridized carbons (Fsp3) is 0.188. The first-order valence-electron chi connectivity index (χ1n) is 6.47. The van der Waals surface area contributed by atoms with E-state index >= 15 is 0 Å². The van der Waals surface area contributed by atoms with Crippen LogP contribution < -0.4 is 4.90 Å². The van der Waals surface area contributed by atoms with Crippen LogP contribution in [-0.4, -0.2) is 5.91 Å². The van der Waals surface area contributed by atoms with Crippen molar-refractivity contribution >= 4 is 27.5 Å². The average Bonchev–Trinajstić information content (AvgIpc) is 2.44. The largest absolute Gasteiger partial charge is 0.308 e. The third-order valence-electron chi connectivity index (χ3n) is 3.54. The highest BCUT2D eigenvalue weighted by Gasteiger charge is 2.24. The van der Waals surface area contributed by atoms with Gasteiger partial charge in [0, 0.05) is 16.6 Å². The van der Waals surface area contributed by atoms with Crippen molar-refractivity contribution in [1.29, 1.82) is 0 Å². The van der Waals surface area contributed by atoms with Gasteiger partial charge in [-0.05, 0) is 35.7 Å². The molecule has 0 aromatic heterocycles. The van der Waals surface area contributed by atoms with Gasteiger partial charge in [0.2, 0.25) is 5.91 Å². The molecule has 2 nitrogen and oxygen atoms in total. The van der Waals surface area contributed by atoms with Gasteiger partial charge in [0.1, 0.15) is 5.82 Å². The number of amides is 1. The van der Waals surface area contributed by atoms with E-state index in [9.17, 15) is 9.18 Å². The number of benzene rings is 2. The summed E-state index contributed by atoms with van der Waals surface area (Å²) in [6, 6.07) is 12.5. The third kappa shape index (κ3) is 2.48. The number of nitrogens with zero attached hydrogens (tertiary/aromatic N) is 1. The number of hydrogen-bond acceptors (Lipinski definition) is 1. The number of anilines is 1. The number of para-hydroxylation sites is 1. The normalized spacial score (nSPS) is 14.3. The van der Waals surface area contributed by atoms with Crippen LogP contribution in [0, 0.1) is 5.82 Å². The van der Waals surface area contributed by atoms with Gasteiger partial charge in [-0.2, -0.15) is 0 Å². The Hall–Kier alpha value is -1.68. The molecule has 20 heavy (non-hydrogen) atoms. The van der Waals surface area contributed by atoms with E-state index in [4.69, 9.17) is 0 Å². The SMILES string of the molecule is O=C1CCc2ccccc2N1Cc1ccc(F)cc1Br. The Labute approximate surface area is 125 Å². The lowest BCUT2D eigenvalue weighted by Crippen LogP contribution is -2.34. The van der Waals surface area contributed by atoms with Crippen LogP contribution in [0.15, 0.2) is 46.9 Å². The molecule has 0 N–H and O–H groups in total. The summed E-state index contributed by atoms with van der Waals surface area (Å²) in [7, 11) is 0. The number of hydrogen-bond donors (Lipinski definition) is 0. The van der Waals surface area contributed by atoms with E-state index in [2.05, 4.69) is 22.0 Å². The van der Waals surface area contributed by atoms with Crippen LogP contribution in [0.1, 0.15) is 17.5 Å². The molecule has 1 amide bonds. The highest BCUT2D eigenvalue weighted by Crippen LogP contribution is 2.30. The van der Waals surface area contributed by atoms with Gasteiger partial charge in [-0.15, -0.1) is 0 Å². The molecule has 3 rings (SSSR count). The van der Waals surface area contributed by atoms with Gasteiger partial charge >= 0.3 is 0 Å². The number of halogens is 2. The van der Waals surface area contributed by atoms with E-state index in [1.807, 2.05) is 18.2 Å². The Morgan fingerprint density at radius 3 is 2.75 bits per heavy atom. The summed E-state index contributed by atoms with van der Waals surface area (Å²) in [6.45, 7) is 0.455. The minimum atomic E-state index is -0.286. The van der Waals surface area contributed by atoms with E-state index in [1.165, 1.54) is 17.7 Å². The molecule has 0 aliphatic carbocycles. The highest BCUT2D eigenvalue weighted by molar-refractivity contribution is 9.10. The second kappa shape index (κ2) is 5.37. The third-order valence-corrected chi connectivity index (χ3v) is 4.27. The van der Waals surface area contributed by atoms with Crippen molar-refractivity contribution in [3.63, 3.8) is 0 Å². The quantitative estimate of drug-likeness (QED) is 0.811. The van der Waals surface area contributed by atoms with Gasteiger partial charge in [0.15, 0.2) is 0 Å². The van der Waals surface area contributed by atoms with Crippen molar-refractivity contribution in [3.8, 4) is 0 Å². The Morgan fingerprint density at radius 2 is 1.95 bits per heavy atom. The van der Waals surface area contributed by atoms with Crippen molar-refractivity contribution in [2.24, 2.45) is 0 Å². The number of aryl methyl sites for hydroxylation is 1. The first kappa shape index (κ1) is 13.3. The average molecular weight is 334 g/mol. The zero-order valence-electron chi connectivity index (χ0n) is 10.8. The maximum absolute atomic E-state index is 13.1. The first-order chi connectivity index (χ1) is 9.65. The molecule has 0 saturated heterocycles. The lowest BCUT2D eigenvalue weighted by Gasteiger charge is -2.29. The minimum absolute atomic E-state index is 0.111. The van der Waals surface area contributed by atoms with Gasteiger partial charge in [-0.1, -0.05) is 40.2 Å². The standard InChI is InChI=1S/C16H13BrFNO/c17-14-9-13(18)7-5-12(14)10-19-15-4-2-1-3-11(15)6-8-16(19)20/h1-5,7,9H,6,8,10H2. The predicted molar refractivity (Wildman–Crippen MR) is 80.1 cm³/mol. The maximum Gasteiger partial charge on any atom is 0.227 e. The molecule has 0 bridgehead atoms. The summed E-state index contributed by atoms with van der Waals surface area (Å²) in [5.74, 6) is -0.175. The molecule has 1 heterocycles. The summed E-state index contributed by atoms with van der Waals surface area (Å²) in [5, 5.41) is 0. The summed E-state index contributed by atoms with van der Waals surface area (Å²) in [5.41, 5.74) is 3.04. The Balaban J connectivity index is 1.95. The van der Waals surface area contributed by atoms with E-state index in [0.29, 0.717) is 17.4 Å². The van der Waals surface area contributed by atoms with E-state index in [0.717, 1.165) is 17.7 Å².